The Hall–Kier alpha value is 0.250. The lowest BCUT2D eigenvalue weighted by molar-refractivity contribution is -0.110. The van der Waals surface area contributed by atoms with Gasteiger partial charge in [0.15, 0.2) is 0 Å². The Balaban J connectivity index is 2.01. The smallest absolute Gasteiger partial charge is 0.0344 e. The van der Waals surface area contributed by atoms with E-state index in [1.54, 1.807) is 0 Å². The lowest BCUT2D eigenvalue weighted by Crippen LogP contribution is -2.62. The number of halogens is 1. The number of rotatable bonds is 1. The third kappa shape index (κ3) is 1.18. The van der Waals surface area contributed by atoms with Crippen molar-refractivity contribution in [3.63, 3.8) is 0 Å². The molecule has 2 atom stereocenters. The van der Waals surface area contributed by atoms with Crippen molar-refractivity contribution < 1.29 is 0 Å². The molecular formula is C12H20ClN. The van der Waals surface area contributed by atoms with Gasteiger partial charge in [-0.25, -0.2) is 4.84 Å². The van der Waals surface area contributed by atoms with Gasteiger partial charge in [0.25, 0.3) is 0 Å². The molecule has 4 aliphatic rings. The predicted molar refractivity (Wildman–Crippen MR) is 59.1 cm³/mol. The molecule has 0 aromatic heterocycles. The van der Waals surface area contributed by atoms with Crippen molar-refractivity contribution in [2.75, 3.05) is 0 Å². The third-order valence-corrected chi connectivity index (χ3v) is 5.23. The molecule has 80 valence electrons. The lowest BCUT2D eigenvalue weighted by Gasteiger charge is -2.64. The van der Waals surface area contributed by atoms with Gasteiger partial charge in [-0.05, 0) is 67.0 Å². The SMILES string of the molecule is CC12CC3CC(C)(C1)CC(NCl)(C3)C2. The van der Waals surface area contributed by atoms with E-state index in [2.05, 4.69) is 18.7 Å². The Labute approximate surface area is 91.7 Å². The maximum absolute atomic E-state index is 6.00. The van der Waals surface area contributed by atoms with Gasteiger partial charge in [-0.2, -0.15) is 0 Å². The van der Waals surface area contributed by atoms with Crippen LogP contribution in [0, 0.1) is 16.7 Å². The van der Waals surface area contributed by atoms with Crippen LogP contribution in [-0.2, 0) is 0 Å². The zero-order valence-corrected chi connectivity index (χ0v) is 9.95. The first-order valence-corrected chi connectivity index (χ1v) is 6.22. The highest BCUT2D eigenvalue weighted by molar-refractivity contribution is 6.13. The van der Waals surface area contributed by atoms with Crippen molar-refractivity contribution in [3.05, 3.63) is 0 Å². The van der Waals surface area contributed by atoms with Crippen molar-refractivity contribution in [1.29, 1.82) is 0 Å². The summed E-state index contributed by atoms with van der Waals surface area (Å²) >= 11 is 6.00. The summed E-state index contributed by atoms with van der Waals surface area (Å²) in [5.74, 6) is 0.937. The fourth-order valence-electron chi connectivity index (χ4n) is 5.55. The van der Waals surface area contributed by atoms with Gasteiger partial charge < -0.3 is 0 Å². The van der Waals surface area contributed by atoms with Gasteiger partial charge in [-0.1, -0.05) is 13.8 Å². The molecule has 0 aromatic rings. The minimum absolute atomic E-state index is 0.282. The van der Waals surface area contributed by atoms with E-state index in [0.717, 1.165) is 5.92 Å². The van der Waals surface area contributed by atoms with Gasteiger partial charge in [0, 0.05) is 5.54 Å². The Kier molecular flexibility index (Phi) is 1.69. The molecule has 0 heterocycles. The van der Waals surface area contributed by atoms with Crippen LogP contribution in [0.1, 0.15) is 52.4 Å². The number of hydrogen-bond acceptors (Lipinski definition) is 1. The quantitative estimate of drug-likeness (QED) is 0.658. The number of nitrogens with one attached hydrogen (secondary N) is 1. The van der Waals surface area contributed by atoms with E-state index in [9.17, 15) is 0 Å². The van der Waals surface area contributed by atoms with Gasteiger partial charge in [-0.15, -0.1) is 0 Å². The van der Waals surface area contributed by atoms with E-state index < -0.39 is 0 Å². The largest absolute Gasteiger partial charge is 0.227 e. The van der Waals surface area contributed by atoms with Crippen LogP contribution in [0.2, 0.25) is 0 Å². The van der Waals surface area contributed by atoms with Crippen LogP contribution in [0.15, 0.2) is 0 Å². The maximum atomic E-state index is 6.00. The molecule has 1 N–H and O–H groups in total. The first-order valence-electron chi connectivity index (χ1n) is 5.85. The minimum atomic E-state index is 0.282. The van der Waals surface area contributed by atoms with Crippen LogP contribution < -0.4 is 4.84 Å². The van der Waals surface area contributed by atoms with E-state index in [-0.39, 0.29) is 5.54 Å². The summed E-state index contributed by atoms with van der Waals surface area (Å²) in [5.41, 5.74) is 1.44. The van der Waals surface area contributed by atoms with Crippen LogP contribution in [0.25, 0.3) is 0 Å². The van der Waals surface area contributed by atoms with Crippen LogP contribution in [-0.4, -0.2) is 5.54 Å². The Morgan fingerprint density at radius 1 is 1.00 bits per heavy atom. The van der Waals surface area contributed by atoms with Gasteiger partial charge in [0.1, 0.15) is 0 Å². The first-order chi connectivity index (χ1) is 6.47. The lowest BCUT2D eigenvalue weighted by atomic mass is 9.43. The Bertz CT molecular complexity index is 257. The van der Waals surface area contributed by atoms with Crippen LogP contribution in [0.3, 0.4) is 0 Å². The van der Waals surface area contributed by atoms with Crippen molar-refractivity contribution >= 4 is 11.8 Å². The predicted octanol–water partition coefficient (Wildman–Crippen LogP) is 3.48. The highest BCUT2D eigenvalue weighted by Crippen LogP contribution is 2.66. The van der Waals surface area contributed by atoms with Crippen molar-refractivity contribution in [2.24, 2.45) is 16.7 Å². The molecule has 4 aliphatic carbocycles. The topological polar surface area (TPSA) is 12.0 Å². The molecule has 4 rings (SSSR count). The Morgan fingerprint density at radius 2 is 1.57 bits per heavy atom. The fourth-order valence-corrected chi connectivity index (χ4v) is 5.76. The summed E-state index contributed by atoms with van der Waals surface area (Å²) in [4.78, 5) is 3.13. The molecule has 4 fully saturated rings. The molecule has 2 unspecified atom stereocenters. The van der Waals surface area contributed by atoms with E-state index in [1.165, 1.54) is 38.5 Å². The third-order valence-electron chi connectivity index (χ3n) is 4.83. The highest BCUT2D eigenvalue weighted by atomic mass is 35.5. The molecule has 0 aromatic carbocycles. The zero-order valence-electron chi connectivity index (χ0n) is 9.20. The summed E-state index contributed by atoms with van der Waals surface area (Å²) < 4.78 is 0. The first kappa shape index (κ1) is 9.47. The molecule has 0 spiro atoms. The van der Waals surface area contributed by atoms with Gasteiger partial charge in [0.05, 0.1) is 0 Å². The van der Waals surface area contributed by atoms with Gasteiger partial charge in [-0.3, -0.25) is 0 Å². The molecule has 0 saturated heterocycles. The maximum Gasteiger partial charge on any atom is 0.0344 e. The average molecular weight is 214 g/mol. The van der Waals surface area contributed by atoms with Gasteiger partial charge in [0.2, 0.25) is 0 Å². The minimum Gasteiger partial charge on any atom is -0.227 e. The summed E-state index contributed by atoms with van der Waals surface area (Å²) in [5, 5.41) is 0. The molecule has 0 radical (unpaired) electrons. The summed E-state index contributed by atoms with van der Waals surface area (Å²) in [7, 11) is 0. The molecular weight excluding hydrogens is 194 g/mol. The van der Waals surface area contributed by atoms with Crippen LogP contribution in [0.4, 0.5) is 0 Å². The van der Waals surface area contributed by atoms with E-state index in [4.69, 9.17) is 11.8 Å². The van der Waals surface area contributed by atoms with E-state index in [0.29, 0.717) is 10.8 Å². The molecule has 4 saturated carbocycles. The second-order valence-corrected chi connectivity index (χ2v) is 7.19. The van der Waals surface area contributed by atoms with Crippen LogP contribution in [0.5, 0.6) is 0 Å². The average Bonchev–Trinajstić information content (AvgIpc) is 1.97. The molecule has 0 amide bonds. The summed E-state index contributed by atoms with van der Waals surface area (Å²) in [6.45, 7) is 4.94. The van der Waals surface area contributed by atoms with Crippen molar-refractivity contribution in [3.8, 4) is 0 Å². The van der Waals surface area contributed by atoms with Crippen molar-refractivity contribution in [2.45, 2.75) is 57.9 Å². The van der Waals surface area contributed by atoms with E-state index in [1.807, 2.05) is 0 Å². The zero-order chi connectivity index (χ0) is 10.0. The second kappa shape index (κ2) is 2.49. The highest BCUT2D eigenvalue weighted by Gasteiger charge is 2.59. The molecule has 1 nitrogen and oxygen atoms in total. The molecule has 14 heavy (non-hydrogen) atoms. The molecule has 2 heteroatoms. The van der Waals surface area contributed by atoms with Crippen molar-refractivity contribution in [1.82, 2.24) is 4.84 Å². The van der Waals surface area contributed by atoms with Gasteiger partial charge >= 0.3 is 0 Å². The molecule has 4 bridgehead atoms. The summed E-state index contributed by atoms with van der Waals surface area (Å²) in [6, 6.07) is 0. The fraction of sp³-hybridized carbons (Fsp3) is 1.00. The Morgan fingerprint density at radius 3 is 2.00 bits per heavy atom. The monoisotopic (exact) mass is 213 g/mol. The standard InChI is InChI=1S/C12H20ClN/c1-10-3-9-4-11(2,6-10)8-12(5-9,7-10)14-13/h9,14H,3-8H2,1-2H3. The summed E-state index contributed by atoms with van der Waals surface area (Å²) in [6.07, 6.45) is 8.25. The second-order valence-electron chi connectivity index (χ2n) is 7.00. The molecule has 0 aliphatic heterocycles. The van der Waals surface area contributed by atoms with Crippen LogP contribution >= 0.6 is 11.8 Å². The van der Waals surface area contributed by atoms with E-state index >= 15 is 0 Å². The number of hydrogen-bond donors (Lipinski definition) is 1. The normalized spacial score (nSPS) is 60.6.